The maximum absolute atomic E-state index is 11.2. The Morgan fingerprint density at radius 1 is 1.44 bits per heavy atom. The van der Waals surface area contributed by atoms with E-state index in [0.29, 0.717) is 6.54 Å². The molecule has 0 saturated carbocycles. The van der Waals surface area contributed by atoms with E-state index >= 15 is 0 Å². The number of urea groups is 1. The molecule has 1 heterocycles. The molecule has 0 spiro atoms. The number of carbonyl (C=O) groups excluding carboxylic acids is 1. The highest BCUT2D eigenvalue weighted by Crippen LogP contribution is 2.21. The Kier molecular flexibility index (Phi) is 5.27. The Morgan fingerprint density at radius 3 is 2.75 bits per heavy atom. The summed E-state index contributed by atoms with van der Waals surface area (Å²) in [5.74, 6) is -0.929. The summed E-state index contributed by atoms with van der Waals surface area (Å²) in [4.78, 5) is 22.4. The van der Waals surface area contributed by atoms with Gasteiger partial charge in [-0.1, -0.05) is 0 Å². The maximum atomic E-state index is 11.2. The van der Waals surface area contributed by atoms with Crippen LogP contribution in [0.1, 0.15) is 11.3 Å². The number of halogens is 1. The second-order valence-corrected chi connectivity index (χ2v) is 4.80. The SMILES string of the molecule is O=C(O)CCNC(=O)NCc1sccc1Br. The largest absolute Gasteiger partial charge is 0.481 e. The molecular weight excluding hydrogens is 296 g/mol. The molecule has 7 heteroatoms. The highest BCUT2D eigenvalue weighted by atomic mass is 79.9. The van der Waals surface area contributed by atoms with Crippen molar-refractivity contribution in [3.63, 3.8) is 0 Å². The molecule has 1 rings (SSSR count). The lowest BCUT2D eigenvalue weighted by Crippen LogP contribution is -2.36. The minimum absolute atomic E-state index is 0.0733. The van der Waals surface area contributed by atoms with Crippen LogP contribution in [0.25, 0.3) is 0 Å². The van der Waals surface area contributed by atoms with Crippen molar-refractivity contribution in [1.29, 1.82) is 0 Å². The van der Waals surface area contributed by atoms with E-state index in [9.17, 15) is 9.59 Å². The van der Waals surface area contributed by atoms with E-state index < -0.39 is 5.97 Å². The van der Waals surface area contributed by atoms with E-state index in [2.05, 4.69) is 26.6 Å². The molecule has 16 heavy (non-hydrogen) atoms. The molecule has 3 N–H and O–H groups in total. The quantitative estimate of drug-likeness (QED) is 0.776. The van der Waals surface area contributed by atoms with Crippen LogP contribution in [-0.4, -0.2) is 23.7 Å². The Balaban J connectivity index is 2.20. The van der Waals surface area contributed by atoms with Crippen LogP contribution in [-0.2, 0) is 11.3 Å². The molecule has 0 aliphatic rings. The van der Waals surface area contributed by atoms with Gasteiger partial charge in [0.05, 0.1) is 13.0 Å². The number of amides is 2. The number of nitrogens with one attached hydrogen (secondary N) is 2. The van der Waals surface area contributed by atoms with E-state index in [1.54, 1.807) is 0 Å². The Bertz CT molecular complexity index is 381. The summed E-state index contributed by atoms with van der Waals surface area (Å²) in [5.41, 5.74) is 0. The molecule has 5 nitrogen and oxygen atoms in total. The van der Waals surface area contributed by atoms with Crippen LogP contribution in [0.5, 0.6) is 0 Å². The van der Waals surface area contributed by atoms with Gasteiger partial charge >= 0.3 is 12.0 Å². The lowest BCUT2D eigenvalue weighted by atomic mass is 10.4. The Morgan fingerprint density at radius 2 is 2.19 bits per heavy atom. The predicted octanol–water partition coefficient (Wildman–Crippen LogP) is 1.78. The number of carboxylic acids is 1. The third-order valence-electron chi connectivity index (χ3n) is 1.72. The number of thiophene rings is 1. The molecule has 1 aromatic rings. The molecule has 88 valence electrons. The van der Waals surface area contributed by atoms with Gasteiger partial charge < -0.3 is 15.7 Å². The van der Waals surface area contributed by atoms with Crippen molar-refractivity contribution < 1.29 is 14.7 Å². The molecule has 0 bridgehead atoms. The minimum Gasteiger partial charge on any atom is -0.481 e. The lowest BCUT2D eigenvalue weighted by molar-refractivity contribution is -0.136. The molecule has 0 aromatic carbocycles. The summed E-state index contributed by atoms with van der Waals surface area (Å²) in [6.07, 6.45) is -0.0733. The first-order chi connectivity index (χ1) is 7.59. The molecule has 0 aliphatic carbocycles. The van der Waals surface area contributed by atoms with Gasteiger partial charge in [0, 0.05) is 15.9 Å². The highest BCUT2D eigenvalue weighted by molar-refractivity contribution is 9.10. The summed E-state index contributed by atoms with van der Waals surface area (Å²) < 4.78 is 0.961. The van der Waals surface area contributed by atoms with Crippen LogP contribution < -0.4 is 10.6 Å². The van der Waals surface area contributed by atoms with Gasteiger partial charge in [-0.25, -0.2) is 4.79 Å². The van der Waals surface area contributed by atoms with Crippen LogP contribution >= 0.6 is 27.3 Å². The summed E-state index contributed by atoms with van der Waals surface area (Å²) in [6, 6.07) is 1.55. The molecule has 2 amide bonds. The first-order valence-electron chi connectivity index (χ1n) is 4.55. The highest BCUT2D eigenvalue weighted by Gasteiger charge is 2.04. The van der Waals surface area contributed by atoms with Crippen LogP contribution in [0.4, 0.5) is 4.79 Å². The monoisotopic (exact) mass is 306 g/mol. The predicted molar refractivity (Wildman–Crippen MR) is 64.5 cm³/mol. The van der Waals surface area contributed by atoms with Gasteiger partial charge in [-0.2, -0.15) is 0 Å². The van der Waals surface area contributed by atoms with Crippen molar-refractivity contribution in [2.24, 2.45) is 0 Å². The third-order valence-corrected chi connectivity index (χ3v) is 3.65. The number of aliphatic carboxylic acids is 1. The summed E-state index contributed by atoms with van der Waals surface area (Å²) >= 11 is 4.89. The van der Waals surface area contributed by atoms with Crippen LogP contribution in [0.15, 0.2) is 15.9 Å². The van der Waals surface area contributed by atoms with Gasteiger partial charge in [-0.05, 0) is 27.4 Å². The van der Waals surface area contributed by atoms with Crippen molar-refractivity contribution in [2.45, 2.75) is 13.0 Å². The van der Waals surface area contributed by atoms with Crippen molar-refractivity contribution in [3.8, 4) is 0 Å². The summed E-state index contributed by atoms with van der Waals surface area (Å²) in [7, 11) is 0. The Hall–Kier alpha value is -1.08. The van der Waals surface area contributed by atoms with Crippen molar-refractivity contribution >= 4 is 39.3 Å². The smallest absolute Gasteiger partial charge is 0.315 e. The molecule has 0 saturated heterocycles. The van der Waals surface area contributed by atoms with Gasteiger partial charge in [-0.3, -0.25) is 4.79 Å². The van der Waals surface area contributed by atoms with Crippen LogP contribution in [0, 0.1) is 0 Å². The molecule has 0 aliphatic heterocycles. The standard InChI is InChI=1S/C9H11BrN2O3S/c10-6-2-4-16-7(6)5-12-9(15)11-3-1-8(13)14/h2,4H,1,3,5H2,(H,13,14)(H2,11,12,15). The molecule has 0 atom stereocenters. The van der Waals surface area contributed by atoms with Crippen molar-refractivity contribution in [3.05, 3.63) is 20.8 Å². The molecule has 0 fully saturated rings. The van der Waals surface area contributed by atoms with Crippen molar-refractivity contribution in [2.75, 3.05) is 6.54 Å². The van der Waals surface area contributed by atoms with E-state index in [1.165, 1.54) is 11.3 Å². The van der Waals surface area contributed by atoms with Crippen LogP contribution in [0.3, 0.4) is 0 Å². The Labute approximate surface area is 105 Å². The van der Waals surface area contributed by atoms with Gasteiger partial charge in [-0.15, -0.1) is 11.3 Å². The van der Waals surface area contributed by atoms with Gasteiger partial charge in [0.25, 0.3) is 0 Å². The number of hydrogen-bond donors (Lipinski definition) is 3. The minimum atomic E-state index is -0.929. The first kappa shape index (κ1) is 13.0. The van der Waals surface area contributed by atoms with Gasteiger partial charge in [0.15, 0.2) is 0 Å². The molecule has 0 radical (unpaired) electrons. The zero-order valence-electron chi connectivity index (χ0n) is 8.33. The third kappa shape index (κ3) is 4.63. The second-order valence-electron chi connectivity index (χ2n) is 2.94. The molecular formula is C9H11BrN2O3S. The zero-order valence-corrected chi connectivity index (χ0v) is 10.7. The van der Waals surface area contributed by atoms with Gasteiger partial charge in [0.2, 0.25) is 0 Å². The summed E-state index contributed by atoms with van der Waals surface area (Å²) in [6.45, 7) is 0.559. The van der Waals surface area contributed by atoms with Crippen molar-refractivity contribution in [1.82, 2.24) is 10.6 Å². The average Bonchev–Trinajstić information content (AvgIpc) is 2.60. The fraction of sp³-hybridized carbons (Fsp3) is 0.333. The number of carboxylic acid groups (broad SMARTS) is 1. The number of hydrogen-bond acceptors (Lipinski definition) is 3. The first-order valence-corrected chi connectivity index (χ1v) is 6.22. The second kappa shape index (κ2) is 6.49. The lowest BCUT2D eigenvalue weighted by Gasteiger charge is -2.05. The number of carbonyl (C=O) groups is 2. The van der Waals surface area contributed by atoms with Gasteiger partial charge in [0.1, 0.15) is 0 Å². The van der Waals surface area contributed by atoms with E-state index in [0.717, 1.165) is 9.35 Å². The average molecular weight is 307 g/mol. The fourth-order valence-electron chi connectivity index (χ4n) is 0.957. The summed E-state index contributed by atoms with van der Waals surface area (Å²) in [5, 5.41) is 15.4. The van der Waals surface area contributed by atoms with Crippen LogP contribution in [0.2, 0.25) is 0 Å². The topological polar surface area (TPSA) is 78.4 Å². The van der Waals surface area contributed by atoms with E-state index in [4.69, 9.17) is 5.11 Å². The fourth-order valence-corrected chi connectivity index (χ4v) is 2.39. The maximum Gasteiger partial charge on any atom is 0.315 e. The molecule has 1 aromatic heterocycles. The zero-order chi connectivity index (χ0) is 12.0. The van der Waals surface area contributed by atoms with E-state index in [1.807, 2.05) is 11.4 Å². The number of rotatable bonds is 5. The van der Waals surface area contributed by atoms with E-state index in [-0.39, 0.29) is 19.0 Å². The normalized spacial score (nSPS) is 9.81. The molecule has 0 unspecified atom stereocenters.